The summed E-state index contributed by atoms with van der Waals surface area (Å²) in [5.74, 6) is 0.806. The number of oxime groups is 1. The summed E-state index contributed by atoms with van der Waals surface area (Å²) in [7, 11) is 1.65. The molecule has 0 bridgehead atoms. The van der Waals surface area contributed by atoms with Crippen molar-refractivity contribution in [3.05, 3.63) is 101 Å². The fourth-order valence-corrected chi connectivity index (χ4v) is 3.30. The topological polar surface area (TPSA) is 42.8 Å². The molecule has 0 aliphatic heterocycles. The summed E-state index contributed by atoms with van der Waals surface area (Å²) in [6, 6.07) is 27.6. The van der Waals surface area contributed by atoms with Crippen molar-refractivity contribution in [1.82, 2.24) is 0 Å². The van der Waals surface area contributed by atoms with E-state index in [0.29, 0.717) is 18.1 Å². The molecule has 0 fully saturated rings. The molecule has 31 heavy (non-hydrogen) atoms. The van der Waals surface area contributed by atoms with E-state index in [1.807, 2.05) is 97.9 Å². The number of rotatable bonds is 10. The van der Waals surface area contributed by atoms with Gasteiger partial charge in [0.15, 0.2) is 0 Å². The molecule has 4 nitrogen and oxygen atoms in total. The molecular formula is C26H27ClN2O2. The van der Waals surface area contributed by atoms with Gasteiger partial charge in [-0.2, -0.15) is 0 Å². The largest absolute Gasteiger partial charge is 0.497 e. The fraction of sp³-hybridized carbons (Fsp3) is 0.192. The van der Waals surface area contributed by atoms with Crippen LogP contribution in [-0.2, 0) is 11.4 Å². The van der Waals surface area contributed by atoms with Gasteiger partial charge < -0.3 is 14.9 Å². The summed E-state index contributed by atoms with van der Waals surface area (Å²) in [6.45, 7) is 2.38. The third kappa shape index (κ3) is 7.50. The van der Waals surface area contributed by atoms with E-state index >= 15 is 0 Å². The Balaban J connectivity index is 1.72. The predicted octanol–water partition coefficient (Wildman–Crippen LogP) is 6.74. The molecule has 3 aromatic carbocycles. The maximum Gasteiger partial charge on any atom is 0.142 e. The monoisotopic (exact) mass is 434 g/mol. The lowest BCUT2D eigenvalue weighted by Crippen LogP contribution is -2.23. The summed E-state index contributed by atoms with van der Waals surface area (Å²) in [5, 5.41) is 8.48. The highest BCUT2D eigenvalue weighted by atomic mass is 35.5. The van der Waals surface area contributed by atoms with Crippen LogP contribution in [0.4, 0.5) is 5.69 Å². The van der Waals surface area contributed by atoms with Crippen LogP contribution in [0.1, 0.15) is 24.5 Å². The normalized spacial score (nSPS) is 12.9. The molecule has 3 aromatic rings. The van der Waals surface area contributed by atoms with E-state index in [-0.39, 0.29) is 6.04 Å². The van der Waals surface area contributed by atoms with Gasteiger partial charge in [-0.1, -0.05) is 77.4 Å². The maximum atomic E-state index is 6.74. The van der Waals surface area contributed by atoms with Gasteiger partial charge in [-0.05, 0) is 48.4 Å². The van der Waals surface area contributed by atoms with Gasteiger partial charge in [-0.3, -0.25) is 0 Å². The molecule has 0 aliphatic rings. The van der Waals surface area contributed by atoms with Crippen molar-refractivity contribution in [3.63, 3.8) is 0 Å². The van der Waals surface area contributed by atoms with Gasteiger partial charge in [0.1, 0.15) is 12.4 Å². The number of benzene rings is 3. The first-order chi connectivity index (χ1) is 15.1. The van der Waals surface area contributed by atoms with Crippen molar-refractivity contribution in [1.29, 1.82) is 0 Å². The molecule has 1 N–H and O–H groups in total. The summed E-state index contributed by atoms with van der Waals surface area (Å²) in [6.07, 6.45) is 2.57. The molecule has 0 amide bonds. The number of nitrogens with zero attached hydrogens (tertiary/aromatic N) is 1. The van der Waals surface area contributed by atoms with Crippen molar-refractivity contribution in [2.45, 2.75) is 26.0 Å². The number of methoxy groups -OCH3 is 1. The second kappa shape index (κ2) is 11.8. The first kappa shape index (κ1) is 22.4. The third-order valence-corrected chi connectivity index (χ3v) is 5.03. The molecule has 0 saturated heterocycles. The Hall–Kier alpha value is -3.24. The van der Waals surface area contributed by atoms with Gasteiger partial charge in [0.2, 0.25) is 0 Å². The Morgan fingerprint density at radius 2 is 1.61 bits per heavy atom. The summed E-state index contributed by atoms with van der Waals surface area (Å²) >= 11 is 6.74. The average Bonchev–Trinajstić information content (AvgIpc) is 2.80. The van der Waals surface area contributed by atoms with Crippen LogP contribution in [0.15, 0.2) is 95.1 Å². The molecule has 1 unspecified atom stereocenters. The van der Waals surface area contributed by atoms with Crippen molar-refractivity contribution in [2.24, 2.45) is 5.16 Å². The van der Waals surface area contributed by atoms with Crippen molar-refractivity contribution in [3.8, 4) is 5.75 Å². The molecule has 160 valence electrons. The van der Waals surface area contributed by atoms with Gasteiger partial charge in [0.05, 0.1) is 18.9 Å². The number of halogens is 1. The lowest BCUT2D eigenvalue weighted by Gasteiger charge is -2.20. The minimum atomic E-state index is -0.153. The molecular weight excluding hydrogens is 408 g/mol. The van der Waals surface area contributed by atoms with E-state index in [9.17, 15) is 0 Å². The number of anilines is 1. The van der Waals surface area contributed by atoms with Crippen molar-refractivity contribution in [2.75, 3.05) is 12.4 Å². The zero-order valence-corrected chi connectivity index (χ0v) is 18.5. The lowest BCUT2D eigenvalue weighted by atomic mass is 10.1. The van der Waals surface area contributed by atoms with Gasteiger partial charge in [-0.15, -0.1) is 0 Å². The van der Waals surface area contributed by atoms with E-state index in [1.54, 1.807) is 7.11 Å². The van der Waals surface area contributed by atoms with Gasteiger partial charge in [0, 0.05) is 17.1 Å². The Labute approximate surface area is 189 Å². The summed E-state index contributed by atoms with van der Waals surface area (Å²) in [4.78, 5) is 5.54. The fourth-order valence-electron chi connectivity index (χ4n) is 3.04. The first-order valence-corrected chi connectivity index (χ1v) is 10.5. The van der Waals surface area contributed by atoms with Crippen LogP contribution in [0.2, 0.25) is 0 Å². The van der Waals surface area contributed by atoms with Crippen LogP contribution >= 0.6 is 11.6 Å². The van der Waals surface area contributed by atoms with Crippen LogP contribution in [-0.4, -0.2) is 18.9 Å². The second-order valence-corrected chi connectivity index (χ2v) is 7.59. The minimum Gasteiger partial charge on any atom is -0.497 e. The van der Waals surface area contributed by atoms with Crippen LogP contribution in [0, 0.1) is 0 Å². The predicted molar refractivity (Wildman–Crippen MR) is 130 cm³/mol. The van der Waals surface area contributed by atoms with Crippen LogP contribution in [0.25, 0.3) is 6.08 Å². The van der Waals surface area contributed by atoms with E-state index in [2.05, 4.69) is 10.5 Å². The number of hydrogen-bond acceptors (Lipinski definition) is 4. The molecule has 0 spiro atoms. The molecule has 3 rings (SSSR count). The highest BCUT2D eigenvalue weighted by molar-refractivity contribution is 6.32. The second-order valence-electron chi connectivity index (χ2n) is 7.16. The summed E-state index contributed by atoms with van der Waals surface area (Å²) in [5.41, 5.74) is 3.92. The van der Waals surface area contributed by atoms with Gasteiger partial charge >= 0.3 is 0 Å². The zero-order chi connectivity index (χ0) is 21.9. The van der Waals surface area contributed by atoms with Gasteiger partial charge in [0.25, 0.3) is 0 Å². The molecule has 1 atom stereocenters. The van der Waals surface area contributed by atoms with E-state index in [4.69, 9.17) is 21.2 Å². The quantitative estimate of drug-likeness (QED) is 0.284. The van der Waals surface area contributed by atoms with Crippen LogP contribution < -0.4 is 10.1 Å². The first-order valence-electron chi connectivity index (χ1n) is 10.2. The highest BCUT2D eigenvalue weighted by Crippen LogP contribution is 2.23. The minimum absolute atomic E-state index is 0.153. The number of ether oxygens (including phenoxy) is 1. The van der Waals surface area contributed by atoms with Crippen molar-refractivity contribution < 1.29 is 9.57 Å². The lowest BCUT2D eigenvalue weighted by molar-refractivity contribution is 0.129. The number of nitrogens with one attached hydrogen (secondary N) is 1. The molecule has 0 heterocycles. The van der Waals surface area contributed by atoms with Crippen LogP contribution in [0.3, 0.4) is 0 Å². The molecule has 0 radical (unpaired) electrons. The number of hydrogen-bond donors (Lipinski definition) is 1. The Kier molecular flexibility index (Phi) is 8.56. The smallest absolute Gasteiger partial charge is 0.142 e. The Morgan fingerprint density at radius 1 is 0.968 bits per heavy atom. The molecule has 0 aliphatic carbocycles. The Bertz CT molecular complexity index is 987. The van der Waals surface area contributed by atoms with E-state index in [1.165, 1.54) is 0 Å². The molecule has 0 aromatic heterocycles. The third-order valence-electron chi connectivity index (χ3n) is 4.66. The van der Waals surface area contributed by atoms with E-state index in [0.717, 1.165) is 28.3 Å². The molecule has 0 saturated carbocycles. The summed E-state index contributed by atoms with van der Waals surface area (Å²) < 4.78 is 5.25. The zero-order valence-electron chi connectivity index (χ0n) is 17.8. The van der Waals surface area contributed by atoms with Crippen LogP contribution in [0.5, 0.6) is 5.75 Å². The maximum absolute atomic E-state index is 6.74. The standard InChI is InChI=1S/C26H27ClN2O2/c1-20(29-31-19-22-11-7-4-8-12-22)17-26(25(27)18-21-9-5-3-6-10-21)28-23-13-15-24(30-2)16-14-23/h3-16,18,26,28H,17,19H2,1-2H3/b25-18-,29-20+. The van der Waals surface area contributed by atoms with Gasteiger partial charge in [-0.25, -0.2) is 0 Å². The highest BCUT2D eigenvalue weighted by Gasteiger charge is 2.15. The molecule has 5 heteroatoms. The van der Waals surface area contributed by atoms with E-state index < -0.39 is 0 Å². The Morgan fingerprint density at radius 3 is 2.26 bits per heavy atom. The average molecular weight is 435 g/mol. The SMILES string of the molecule is COc1ccc(NC(C/C(C)=N/OCc2ccccc2)/C(Cl)=C/c2ccccc2)cc1. The van der Waals surface area contributed by atoms with Crippen molar-refractivity contribution >= 4 is 29.1 Å².